The highest BCUT2D eigenvalue weighted by atomic mass is 16.3. The first kappa shape index (κ1) is 14.4. The lowest BCUT2D eigenvalue weighted by atomic mass is 9.83. The largest absolute Gasteiger partial charge is 0.387 e. The first-order chi connectivity index (χ1) is 8.32. The summed E-state index contributed by atoms with van der Waals surface area (Å²) in [6.07, 6.45) is 0.918. The molecule has 1 aromatic rings. The van der Waals surface area contributed by atoms with Gasteiger partial charge in [0.25, 0.3) is 0 Å². The summed E-state index contributed by atoms with van der Waals surface area (Å²) in [6, 6.07) is 9.61. The number of Topliss-reactive ketones (excluding diaryl/α,β-unsaturated/α-hetero) is 1. The molecule has 0 bridgehead atoms. The third-order valence-electron chi connectivity index (χ3n) is 2.67. The monoisotopic (exact) mass is 244 g/mol. The van der Waals surface area contributed by atoms with Crippen molar-refractivity contribution in [1.29, 1.82) is 0 Å². The fourth-order valence-corrected chi connectivity index (χ4v) is 1.52. The number of carbonyl (C=O) groups is 1. The van der Waals surface area contributed by atoms with Crippen LogP contribution in [0.25, 0.3) is 6.08 Å². The van der Waals surface area contributed by atoms with Crippen LogP contribution in [-0.4, -0.2) is 17.0 Å². The van der Waals surface area contributed by atoms with Crippen LogP contribution < -0.4 is 0 Å². The van der Waals surface area contributed by atoms with Gasteiger partial charge in [-0.25, -0.2) is 0 Å². The van der Waals surface area contributed by atoms with E-state index in [1.54, 1.807) is 6.08 Å². The molecule has 0 aromatic heterocycles. The predicted molar refractivity (Wildman–Crippen MR) is 74.1 cm³/mol. The van der Waals surface area contributed by atoms with E-state index in [0.29, 0.717) is 5.57 Å². The fraction of sp³-hybridized carbons (Fsp3) is 0.375. The van der Waals surface area contributed by atoms with E-state index in [1.807, 2.05) is 51.1 Å². The quantitative estimate of drug-likeness (QED) is 0.654. The van der Waals surface area contributed by atoms with Crippen LogP contribution in [0.15, 0.2) is 41.6 Å². The van der Waals surface area contributed by atoms with E-state index >= 15 is 0 Å². The lowest BCUT2D eigenvalue weighted by Crippen LogP contribution is -2.30. The van der Waals surface area contributed by atoms with Crippen LogP contribution in [0.1, 0.15) is 33.3 Å². The van der Waals surface area contributed by atoms with Crippen molar-refractivity contribution in [3.63, 3.8) is 0 Å². The van der Waals surface area contributed by atoms with Gasteiger partial charge in [-0.2, -0.15) is 0 Å². The van der Waals surface area contributed by atoms with Gasteiger partial charge in [0.05, 0.1) is 11.7 Å². The molecule has 1 N–H and O–H groups in total. The van der Waals surface area contributed by atoms with Crippen molar-refractivity contribution in [2.45, 2.75) is 33.8 Å². The Balaban J connectivity index is 3.14. The van der Waals surface area contributed by atoms with Crippen molar-refractivity contribution in [3.05, 3.63) is 47.2 Å². The molecule has 0 aliphatic heterocycles. The van der Waals surface area contributed by atoms with Crippen LogP contribution in [0.3, 0.4) is 0 Å². The Kier molecular flexibility index (Phi) is 4.66. The molecule has 0 fully saturated rings. The van der Waals surface area contributed by atoms with E-state index < -0.39 is 6.10 Å². The van der Waals surface area contributed by atoms with Crippen molar-refractivity contribution in [1.82, 2.24) is 0 Å². The zero-order chi connectivity index (χ0) is 13.8. The van der Waals surface area contributed by atoms with Gasteiger partial charge in [0, 0.05) is 0 Å². The maximum atomic E-state index is 11.6. The minimum absolute atomic E-state index is 0.149. The molecule has 0 amide bonds. The minimum atomic E-state index is -0.810. The van der Waals surface area contributed by atoms with E-state index in [2.05, 4.69) is 5.73 Å². The van der Waals surface area contributed by atoms with Crippen LogP contribution in [0.4, 0.5) is 0 Å². The average Bonchev–Trinajstić information content (AvgIpc) is 2.28. The Bertz CT molecular complexity index is 472. The van der Waals surface area contributed by atoms with Gasteiger partial charge in [0.1, 0.15) is 0 Å². The van der Waals surface area contributed by atoms with Crippen LogP contribution in [-0.2, 0) is 4.79 Å². The van der Waals surface area contributed by atoms with E-state index in [0.717, 1.165) is 5.56 Å². The van der Waals surface area contributed by atoms with Crippen LogP contribution in [0.2, 0.25) is 0 Å². The first-order valence-electron chi connectivity index (χ1n) is 6.03. The lowest BCUT2D eigenvalue weighted by molar-refractivity contribution is -0.115. The van der Waals surface area contributed by atoms with Gasteiger partial charge in [-0.3, -0.25) is 4.79 Å². The second kappa shape index (κ2) is 5.81. The maximum absolute atomic E-state index is 11.6. The summed E-state index contributed by atoms with van der Waals surface area (Å²) in [4.78, 5) is 11.6. The second-order valence-electron chi connectivity index (χ2n) is 5.44. The molecule has 1 aromatic carbocycles. The molecular weight excluding hydrogens is 224 g/mol. The summed E-state index contributed by atoms with van der Waals surface area (Å²) in [5.74, 6) is -0.149. The molecule has 0 heterocycles. The molecular formula is C16H20O2. The number of aliphatic hydroxyl groups excluding tert-OH is 1. The molecule has 2 heteroatoms. The summed E-state index contributed by atoms with van der Waals surface area (Å²) in [5, 5.41) is 10.2. The minimum Gasteiger partial charge on any atom is -0.387 e. The zero-order valence-electron chi connectivity index (χ0n) is 11.4. The second-order valence-corrected chi connectivity index (χ2v) is 5.44. The van der Waals surface area contributed by atoms with Gasteiger partial charge in [0.15, 0.2) is 5.78 Å². The highest BCUT2D eigenvalue weighted by molar-refractivity contribution is 5.94. The van der Waals surface area contributed by atoms with E-state index in [-0.39, 0.29) is 11.2 Å². The van der Waals surface area contributed by atoms with Gasteiger partial charge < -0.3 is 5.11 Å². The molecule has 0 saturated carbocycles. The molecule has 0 saturated heterocycles. The normalized spacial score (nSPS) is 12.5. The Hall–Kier alpha value is -1.63. The van der Waals surface area contributed by atoms with E-state index in [9.17, 15) is 9.90 Å². The smallest absolute Gasteiger partial charge is 0.166 e. The Labute approximate surface area is 109 Å². The van der Waals surface area contributed by atoms with Crippen LogP contribution >= 0.6 is 0 Å². The third kappa shape index (κ3) is 3.99. The number of benzene rings is 1. The average molecular weight is 244 g/mol. The zero-order valence-corrected chi connectivity index (χ0v) is 11.4. The summed E-state index contributed by atoms with van der Waals surface area (Å²) in [5.41, 5.74) is 3.84. The Morgan fingerprint density at radius 2 is 1.83 bits per heavy atom. The molecule has 1 atom stereocenters. The van der Waals surface area contributed by atoms with Crippen LogP contribution in [0.5, 0.6) is 0 Å². The molecule has 1 rings (SSSR count). The van der Waals surface area contributed by atoms with Crippen molar-refractivity contribution in [3.8, 4) is 0 Å². The molecule has 0 spiro atoms. The number of carbonyl (C=O) groups excluding carboxylic acids is 1. The highest BCUT2D eigenvalue weighted by Crippen LogP contribution is 2.25. The lowest BCUT2D eigenvalue weighted by Gasteiger charge is -2.25. The maximum Gasteiger partial charge on any atom is 0.166 e. The topological polar surface area (TPSA) is 37.3 Å². The highest BCUT2D eigenvalue weighted by Gasteiger charge is 2.27. The van der Waals surface area contributed by atoms with Gasteiger partial charge >= 0.3 is 0 Å². The molecule has 0 aliphatic rings. The van der Waals surface area contributed by atoms with Crippen molar-refractivity contribution < 1.29 is 9.90 Å². The van der Waals surface area contributed by atoms with Crippen molar-refractivity contribution >= 4 is 11.9 Å². The number of aliphatic hydroxyl groups is 1. The number of rotatable bonds is 3. The summed E-state index contributed by atoms with van der Waals surface area (Å²) in [6.45, 7) is 7.14. The SMILES string of the molecule is CC(=O)C(=C=Cc1ccccc1)C(O)C(C)(C)C. The van der Waals surface area contributed by atoms with Gasteiger partial charge in [0.2, 0.25) is 0 Å². The van der Waals surface area contributed by atoms with E-state index in [1.165, 1.54) is 6.92 Å². The standard InChI is InChI=1S/C16H20O2/c1-12(17)14(15(18)16(2,3)4)11-10-13-8-6-5-7-9-13/h5-10,15,18H,1-4H3. The Morgan fingerprint density at radius 3 is 2.28 bits per heavy atom. The molecule has 0 aliphatic carbocycles. The molecule has 96 valence electrons. The molecule has 18 heavy (non-hydrogen) atoms. The van der Waals surface area contributed by atoms with Gasteiger partial charge in [-0.1, -0.05) is 51.1 Å². The number of ketones is 1. The van der Waals surface area contributed by atoms with E-state index in [4.69, 9.17) is 0 Å². The van der Waals surface area contributed by atoms with Gasteiger partial charge in [-0.05, 0) is 24.0 Å². The van der Waals surface area contributed by atoms with Gasteiger partial charge in [-0.15, -0.1) is 5.73 Å². The third-order valence-corrected chi connectivity index (χ3v) is 2.67. The predicted octanol–water partition coefficient (Wildman–Crippen LogP) is 3.22. The summed E-state index contributed by atoms with van der Waals surface area (Å²) < 4.78 is 0. The number of hydrogen-bond acceptors (Lipinski definition) is 2. The number of hydrogen-bond donors (Lipinski definition) is 1. The van der Waals surface area contributed by atoms with Crippen molar-refractivity contribution in [2.75, 3.05) is 0 Å². The fourth-order valence-electron chi connectivity index (χ4n) is 1.52. The molecule has 2 nitrogen and oxygen atoms in total. The van der Waals surface area contributed by atoms with Crippen LogP contribution in [0, 0.1) is 5.41 Å². The molecule has 0 radical (unpaired) electrons. The first-order valence-corrected chi connectivity index (χ1v) is 6.03. The van der Waals surface area contributed by atoms with Crippen molar-refractivity contribution in [2.24, 2.45) is 5.41 Å². The summed E-state index contributed by atoms with van der Waals surface area (Å²) in [7, 11) is 0. The Morgan fingerprint density at radius 1 is 1.28 bits per heavy atom. The molecule has 1 unspecified atom stereocenters. The summed E-state index contributed by atoms with van der Waals surface area (Å²) >= 11 is 0.